The molecule has 0 saturated heterocycles. The standard InChI is InChI=1S/C18H26FN3O2.ClH/c1-11(2)16(18(24)21-15-5-3-4-13(15)10-20)22-17(23)12-6-8-14(19)9-7-12;/h6-9,11,13,15-16H,3-5,10,20H2,1-2H3,(H,21,24)(H,22,23);1H. The van der Waals surface area contributed by atoms with Gasteiger partial charge in [-0.25, -0.2) is 4.39 Å². The summed E-state index contributed by atoms with van der Waals surface area (Å²) in [5.41, 5.74) is 6.08. The van der Waals surface area contributed by atoms with Crippen LogP contribution >= 0.6 is 12.4 Å². The molecule has 1 fully saturated rings. The minimum atomic E-state index is -0.637. The summed E-state index contributed by atoms with van der Waals surface area (Å²) in [6.07, 6.45) is 3.00. The zero-order valence-corrected chi connectivity index (χ0v) is 15.4. The van der Waals surface area contributed by atoms with Gasteiger partial charge in [-0.3, -0.25) is 9.59 Å². The van der Waals surface area contributed by atoms with Gasteiger partial charge in [0.15, 0.2) is 0 Å². The third-order valence-electron chi connectivity index (χ3n) is 4.63. The smallest absolute Gasteiger partial charge is 0.251 e. The second kappa shape index (κ2) is 9.73. The first-order chi connectivity index (χ1) is 11.4. The van der Waals surface area contributed by atoms with E-state index in [0.29, 0.717) is 18.0 Å². The van der Waals surface area contributed by atoms with Crippen LogP contribution in [-0.2, 0) is 4.79 Å². The highest BCUT2D eigenvalue weighted by Crippen LogP contribution is 2.24. The zero-order valence-electron chi connectivity index (χ0n) is 14.6. The summed E-state index contributed by atoms with van der Waals surface area (Å²) in [4.78, 5) is 24.9. The molecule has 140 valence electrons. The van der Waals surface area contributed by atoms with Crippen molar-refractivity contribution < 1.29 is 14.0 Å². The quantitative estimate of drug-likeness (QED) is 0.717. The highest BCUT2D eigenvalue weighted by Gasteiger charge is 2.31. The zero-order chi connectivity index (χ0) is 17.7. The first kappa shape index (κ1) is 21.4. The third kappa shape index (κ3) is 5.68. The van der Waals surface area contributed by atoms with Crippen molar-refractivity contribution >= 4 is 24.2 Å². The van der Waals surface area contributed by atoms with Crippen LogP contribution in [0.4, 0.5) is 4.39 Å². The van der Waals surface area contributed by atoms with E-state index in [-0.39, 0.29) is 36.2 Å². The van der Waals surface area contributed by atoms with E-state index < -0.39 is 11.9 Å². The number of hydrogen-bond acceptors (Lipinski definition) is 3. The molecule has 25 heavy (non-hydrogen) atoms. The molecule has 0 bridgehead atoms. The second-order valence-electron chi connectivity index (χ2n) is 6.74. The van der Waals surface area contributed by atoms with Gasteiger partial charge in [-0.2, -0.15) is 0 Å². The Labute approximate surface area is 154 Å². The fourth-order valence-corrected chi connectivity index (χ4v) is 3.14. The van der Waals surface area contributed by atoms with Crippen LogP contribution in [0, 0.1) is 17.7 Å². The van der Waals surface area contributed by atoms with Crippen molar-refractivity contribution in [3.63, 3.8) is 0 Å². The Morgan fingerprint density at radius 1 is 1.24 bits per heavy atom. The number of carbonyl (C=O) groups excluding carboxylic acids is 2. The number of amides is 2. The normalized spacial score (nSPS) is 20.7. The molecule has 0 heterocycles. The van der Waals surface area contributed by atoms with Crippen LogP contribution in [0.1, 0.15) is 43.5 Å². The van der Waals surface area contributed by atoms with E-state index in [9.17, 15) is 14.0 Å². The number of halogens is 2. The largest absolute Gasteiger partial charge is 0.351 e. The van der Waals surface area contributed by atoms with Crippen LogP contribution in [0.25, 0.3) is 0 Å². The Morgan fingerprint density at radius 2 is 1.88 bits per heavy atom. The molecule has 1 aromatic carbocycles. The number of nitrogens with one attached hydrogen (secondary N) is 2. The van der Waals surface area contributed by atoms with Crippen molar-refractivity contribution in [2.45, 2.75) is 45.2 Å². The molecule has 1 aliphatic carbocycles. The lowest BCUT2D eigenvalue weighted by atomic mass is 10.00. The molecule has 1 saturated carbocycles. The molecule has 5 nitrogen and oxygen atoms in total. The Kier molecular flexibility index (Phi) is 8.32. The van der Waals surface area contributed by atoms with Gasteiger partial charge >= 0.3 is 0 Å². The Hall–Kier alpha value is -1.66. The summed E-state index contributed by atoms with van der Waals surface area (Å²) >= 11 is 0. The molecule has 2 amide bonds. The number of carbonyl (C=O) groups is 2. The van der Waals surface area contributed by atoms with Crippen LogP contribution in [0.5, 0.6) is 0 Å². The van der Waals surface area contributed by atoms with E-state index in [0.717, 1.165) is 19.3 Å². The van der Waals surface area contributed by atoms with Gasteiger partial charge in [-0.05, 0) is 55.5 Å². The second-order valence-corrected chi connectivity index (χ2v) is 6.74. The van der Waals surface area contributed by atoms with Crippen molar-refractivity contribution in [1.29, 1.82) is 0 Å². The number of hydrogen-bond donors (Lipinski definition) is 3. The summed E-state index contributed by atoms with van der Waals surface area (Å²) in [6.45, 7) is 4.31. The summed E-state index contributed by atoms with van der Waals surface area (Å²) in [7, 11) is 0. The van der Waals surface area contributed by atoms with Gasteiger partial charge in [0.2, 0.25) is 5.91 Å². The Balaban J connectivity index is 0.00000312. The van der Waals surface area contributed by atoms with Crippen LogP contribution in [0.2, 0.25) is 0 Å². The average Bonchev–Trinajstić information content (AvgIpc) is 2.99. The van der Waals surface area contributed by atoms with Crippen molar-refractivity contribution in [3.8, 4) is 0 Å². The van der Waals surface area contributed by atoms with Crippen molar-refractivity contribution in [2.75, 3.05) is 6.54 Å². The molecule has 0 radical (unpaired) electrons. The molecule has 3 atom stereocenters. The van der Waals surface area contributed by atoms with Crippen molar-refractivity contribution in [1.82, 2.24) is 10.6 Å². The molecule has 0 aromatic heterocycles. The predicted octanol–water partition coefficient (Wildman–Crippen LogP) is 2.25. The van der Waals surface area contributed by atoms with Gasteiger partial charge in [0.1, 0.15) is 11.9 Å². The first-order valence-corrected chi connectivity index (χ1v) is 8.49. The van der Waals surface area contributed by atoms with Crippen LogP contribution < -0.4 is 16.4 Å². The molecule has 0 aliphatic heterocycles. The highest BCUT2D eigenvalue weighted by atomic mass is 35.5. The van der Waals surface area contributed by atoms with Crippen molar-refractivity contribution in [3.05, 3.63) is 35.6 Å². The number of benzene rings is 1. The average molecular weight is 372 g/mol. The van der Waals surface area contributed by atoms with Gasteiger partial charge in [0.05, 0.1) is 0 Å². The molecule has 4 N–H and O–H groups in total. The van der Waals surface area contributed by atoms with Gasteiger partial charge in [0, 0.05) is 11.6 Å². The molecule has 3 unspecified atom stereocenters. The summed E-state index contributed by atoms with van der Waals surface area (Å²) in [6, 6.07) is 4.70. The molecule has 1 aliphatic rings. The lowest BCUT2D eigenvalue weighted by Crippen LogP contribution is -2.53. The monoisotopic (exact) mass is 371 g/mol. The fraction of sp³-hybridized carbons (Fsp3) is 0.556. The Morgan fingerprint density at radius 3 is 2.44 bits per heavy atom. The van der Waals surface area contributed by atoms with E-state index in [2.05, 4.69) is 10.6 Å². The van der Waals surface area contributed by atoms with Gasteiger partial charge in [0.25, 0.3) is 5.91 Å². The van der Waals surface area contributed by atoms with Gasteiger partial charge in [-0.15, -0.1) is 12.4 Å². The summed E-state index contributed by atoms with van der Waals surface area (Å²) < 4.78 is 13.0. The minimum absolute atomic E-state index is 0. The van der Waals surface area contributed by atoms with Crippen LogP contribution in [0.3, 0.4) is 0 Å². The third-order valence-corrected chi connectivity index (χ3v) is 4.63. The maximum atomic E-state index is 13.0. The molecule has 7 heteroatoms. The maximum Gasteiger partial charge on any atom is 0.251 e. The van der Waals surface area contributed by atoms with E-state index in [4.69, 9.17) is 5.73 Å². The van der Waals surface area contributed by atoms with E-state index in [1.165, 1.54) is 24.3 Å². The SMILES string of the molecule is CC(C)C(NC(=O)c1ccc(F)cc1)C(=O)NC1CCCC1CN.Cl. The van der Waals surface area contributed by atoms with Crippen molar-refractivity contribution in [2.24, 2.45) is 17.6 Å². The molecular weight excluding hydrogens is 345 g/mol. The molecule has 1 aromatic rings. The fourth-order valence-electron chi connectivity index (χ4n) is 3.14. The van der Waals surface area contributed by atoms with Crippen LogP contribution in [0.15, 0.2) is 24.3 Å². The maximum absolute atomic E-state index is 13.0. The first-order valence-electron chi connectivity index (χ1n) is 8.49. The van der Waals surface area contributed by atoms with Gasteiger partial charge in [-0.1, -0.05) is 20.3 Å². The van der Waals surface area contributed by atoms with E-state index >= 15 is 0 Å². The Bertz CT molecular complexity index is 580. The molecule has 2 rings (SSSR count). The van der Waals surface area contributed by atoms with Gasteiger partial charge < -0.3 is 16.4 Å². The number of nitrogens with two attached hydrogens (primary N) is 1. The lowest BCUT2D eigenvalue weighted by Gasteiger charge is -2.26. The topological polar surface area (TPSA) is 84.2 Å². The predicted molar refractivity (Wildman–Crippen MR) is 98.1 cm³/mol. The van der Waals surface area contributed by atoms with Crippen LogP contribution in [-0.4, -0.2) is 30.4 Å². The molecule has 0 spiro atoms. The molecular formula is C18H27ClFN3O2. The summed E-state index contributed by atoms with van der Waals surface area (Å²) in [5, 5.41) is 5.79. The van der Waals surface area contributed by atoms with E-state index in [1.54, 1.807) is 0 Å². The number of rotatable bonds is 6. The van der Waals surface area contributed by atoms with E-state index in [1.807, 2.05) is 13.8 Å². The minimum Gasteiger partial charge on any atom is -0.351 e. The summed E-state index contributed by atoms with van der Waals surface area (Å²) in [5.74, 6) is -0.739. The lowest BCUT2D eigenvalue weighted by molar-refractivity contribution is -0.124. The highest BCUT2D eigenvalue weighted by molar-refractivity contribution is 5.97.